The first-order valence-electron chi connectivity index (χ1n) is 8.33. The lowest BCUT2D eigenvalue weighted by molar-refractivity contribution is 0.414. The maximum absolute atomic E-state index is 5.99. The fourth-order valence-electron chi connectivity index (χ4n) is 2.46. The summed E-state index contributed by atoms with van der Waals surface area (Å²) in [5.41, 5.74) is 8.30. The van der Waals surface area contributed by atoms with Crippen LogP contribution >= 0.6 is 35.6 Å². The Labute approximate surface area is 178 Å². The molecule has 0 atom stereocenters. The van der Waals surface area contributed by atoms with E-state index in [1.165, 1.54) is 11.1 Å². The van der Waals surface area contributed by atoms with Gasteiger partial charge in [0.15, 0.2) is 5.96 Å². The molecule has 2 aromatic rings. The number of nitrogens with one attached hydrogen (secondary N) is 1. The number of guanidine groups is 1. The molecule has 0 aliphatic rings. The van der Waals surface area contributed by atoms with Crippen molar-refractivity contribution in [3.05, 3.63) is 64.7 Å². The average molecular weight is 488 g/mol. The second-order valence-corrected chi connectivity index (χ2v) is 7.05. The van der Waals surface area contributed by atoms with E-state index in [9.17, 15) is 0 Å². The SMILES string of the molecule is COc1ccc(CCNC(N)=NCC(C)(C)c2ccc(Cl)cc2)cc1.I. The molecule has 142 valence electrons. The van der Waals surface area contributed by atoms with Crippen LogP contribution in [-0.2, 0) is 11.8 Å². The van der Waals surface area contributed by atoms with Gasteiger partial charge in [0.1, 0.15) is 5.75 Å². The number of rotatable bonds is 7. The fraction of sp³-hybridized carbons (Fsp3) is 0.350. The first-order chi connectivity index (χ1) is 11.9. The van der Waals surface area contributed by atoms with Gasteiger partial charge in [-0.25, -0.2) is 0 Å². The van der Waals surface area contributed by atoms with Gasteiger partial charge in [0.25, 0.3) is 0 Å². The van der Waals surface area contributed by atoms with Gasteiger partial charge in [-0.1, -0.05) is 49.7 Å². The summed E-state index contributed by atoms with van der Waals surface area (Å²) >= 11 is 5.95. The molecular weight excluding hydrogens is 461 g/mol. The Bertz CT molecular complexity index is 700. The molecule has 0 spiro atoms. The predicted octanol–water partition coefficient (Wildman–Crippen LogP) is 4.39. The highest BCUT2D eigenvalue weighted by atomic mass is 127. The largest absolute Gasteiger partial charge is 0.497 e. The van der Waals surface area contributed by atoms with Crippen molar-refractivity contribution in [2.24, 2.45) is 10.7 Å². The zero-order valence-corrected chi connectivity index (χ0v) is 18.5. The number of hydrogen-bond acceptors (Lipinski definition) is 2. The molecule has 3 N–H and O–H groups in total. The second kappa shape index (κ2) is 10.6. The van der Waals surface area contributed by atoms with E-state index in [-0.39, 0.29) is 29.4 Å². The fourth-order valence-corrected chi connectivity index (χ4v) is 2.58. The van der Waals surface area contributed by atoms with Gasteiger partial charge in [-0.3, -0.25) is 4.99 Å². The third-order valence-electron chi connectivity index (χ3n) is 4.15. The van der Waals surface area contributed by atoms with Crippen LogP contribution in [0.25, 0.3) is 0 Å². The van der Waals surface area contributed by atoms with Crippen molar-refractivity contribution >= 4 is 41.5 Å². The van der Waals surface area contributed by atoms with Crippen molar-refractivity contribution in [3.63, 3.8) is 0 Å². The summed E-state index contributed by atoms with van der Waals surface area (Å²) in [5, 5.41) is 3.91. The predicted molar refractivity (Wildman–Crippen MR) is 121 cm³/mol. The monoisotopic (exact) mass is 487 g/mol. The van der Waals surface area contributed by atoms with Crippen molar-refractivity contribution in [1.82, 2.24) is 5.32 Å². The van der Waals surface area contributed by atoms with E-state index < -0.39 is 0 Å². The number of ether oxygens (including phenoxy) is 1. The van der Waals surface area contributed by atoms with Gasteiger partial charge in [-0.05, 0) is 41.8 Å². The van der Waals surface area contributed by atoms with Crippen molar-refractivity contribution in [3.8, 4) is 5.75 Å². The van der Waals surface area contributed by atoms with Gasteiger partial charge >= 0.3 is 0 Å². The van der Waals surface area contributed by atoms with E-state index in [0.29, 0.717) is 12.5 Å². The molecule has 0 saturated heterocycles. The summed E-state index contributed by atoms with van der Waals surface area (Å²) < 4.78 is 5.16. The average Bonchev–Trinajstić information content (AvgIpc) is 2.61. The van der Waals surface area contributed by atoms with Crippen LogP contribution in [0.2, 0.25) is 5.02 Å². The molecule has 2 aromatic carbocycles. The highest BCUT2D eigenvalue weighted by molar-refractivity contribution is 14.0. The molecule has 0 aliphatic heterocycles. The quantitative estimate of drug-likeness (QED) is 0.346. The van der Waals surface area contributed by atoms with E-state index in [0.717, 1.165) is 23.7 Å². The summed E-state index contributed by atoms with van der Waals surface area (Å²) in [6, 6.07) is 15.9. The van der Waals surface area contributed by atoms with Gasteiger partial charge in [0.05, 0.1) is 13.7 Å². The van der Waals surface area contributed by atoms with Crippen LogP contribution < -0.4 is 15.8 Å². The highest BCUT2D eigenvalue weighted by Crippen LogP contribution is 2.24. The zero-order valence-electron chi connectivity index (χ0n) is 15.5. The maximum Gasteiger partial charge on any atom is 0.188 e. The smallest absolute Gasteiger partial charge is 0.188 e. The molecule has 0 radical (unpaired) electrons. The minimum atomic E-state index is -0.104. The number of benzene rings is 2. The van der Waals surface area contributed by atoms with Gasteiger partial charge in [-0.15, -0.1) is 24.0 Å². The van der Waals surface area contributed by atoms with E-state index in [1.54, 1.807) is 7.11 Å². The Morgan fingerprint density at radius 2 is 1.73 bits per heavy atom. The summed E-state index contributed by atoms with van der Waals surface area (Å²) in [5.74, 6) is 1.33. The van der Waals surface area contributed by atoms with Crippen LogP contribution in [0.4, 0.5) is 0 Å². The summed E-state index contributed by atoms with van der Waals surface area (Å²) in [7, 11) is 1.67. The van der Waals surface area contributed by atoms with Crippen molar-refractivity contribution in [1.29, 1.82) is 0 Å². The molecule has 0 amide bonds. The lowest BCUT2D eigenvalue weighted by atomic mass is 9.85. The lowest BCUT2D eigenvalue weighted by Crippen LogP contribution is -2.35. The summed E-state index contributed by atoms with van der Waals surface area (Å²) in [4.78, 5) is 4.48. The van der Waals surface area contributed by atoms with Crippen molar-refractivity contribution < 1.29 is 4.74 Å². The molecule has 0 saturated carbocycles. The number of aliphatic imine (C=N–C) groups is 1. The maximum atomic E-state index is 5.99. The van der Waals surface area contributed by atoms with E-state index in [4.69, 9.17) is 22.1 Å². The van der Waals surface area contributed by atoms with Crippen LogP contribution in [0.15, 0.2) is 53.5 Å². The number of nitrogens with zero attached hydrogens (tertiary/aromatic N) is 1. The van der Waals surface area contributed by atoms with Crippen LogP contribution in [0.5, 0.6) is 5.75 Å². The van der Waals surface area contributed by atoms with Crippen molar-refractivity contribution in [2.45, 2.75) is 25.7 Å². The summed E-state index contributed by atoms with van der Waals surface area (Å²) in [6.45, 7) is 5.63. The molecule has 0 unspecified atom stereocenters. The molecule has 4 nitrogen and oxygen atoms in total. The number of halogens is 2. The Morgan fingerprint density at radius 3 is 2.31 bits per heavy atom. The summed E-state index contributed by atoms with van der Waals surface area (Å²) in [6.07, 6.45) is 0.876. The third kappa shape index (κ3) is 7.03. The van der Waals surface area contributed by atoms with Crippen molar-refractivity contribution in [2.75, 3.05) is 20.2 Å². The normalized spacial score (nSPS) is 11.6. The molecular formula is C20H27ClIN3O. The van der Waals surface area contributed by atoms with Gasteiger partial charge < -0.3 is 15.8 Å². The Balaban J connectivity index is 0.00000338. The van der Waals surface area contributed by atoms with E-state index >= 15 is 0 Å². The van der Waals surface area contributed by atoms with Gasteiger partial charge in [-0.2, -0.15) is 0 Å². The first kappa shape index (κ1) is 22.6. The van der Waals surface area contributed by atoms with Gasteiger partial charge in [0, 0.05) is 17.0 Å². The highest BCUT2D eigenvalue weighted by Gasteiger charge is 2.20. The van der Waals surface area contributed by atoms with Gasteiger partial charge in [0.2, 0.25) is 0 Å². The third-order valence-corrected chi connectivity index (χ3v) is 4.40. The topological polar surface area (TPSA) is 59.6 Å². The molecule has 0 aromatic heterocycles. The van der Waals surface area contributed by atoms with Crippen LogP contribution in [0.1, 0.15) is 25.0 Å². The van der Waals surface area contributed by atoms with E-state index in [1.807, 2.05) is 36.4 Å². The molecule has 0 heterocycles. The van der Waals surface area contributed by atoms with E-state index in [2.05, 4.69) is 36.3 Å². The first-order valence-corrected chi connectivity index (χ1v) is 8.71. The standard InChI is InChI=1S/C20H26ClN3O.HI/c1-20(2,16-6-8-17(21)9-7-16)14-24-19(22)23-13-12-15-4-10-18(25-3)11-5-15;/h4-11H,12-14H2,1-3H3,(H3,22,23,24);1H. The molecule has 6 heteroatoms. The van der Waals surface area contributed by atoms with Crippen LogP contribution in [0.3, 0.4) is 0 Å². The molecule has 26 heavy (non-hydrogen) atoms. The Morgan fingerprint density at radius 1 is 1.12 bits per heavy atom. The molecule has 2 rings (SSSR count). The minimum absolute atomic E-state index is 0. The lowest BCUT2D eigenvalue weighted by Gasteiger charge is -2.23. The second-order valence-electron chi connectivity index (χ2n) is 6.62. The molecule has 0 bridgehead atoms. The zero-order chi connectivity index (χ0) is 18.3. The Kier molecular flexibility index (Phi) is 9.22. The minimum Gasteiger partial charge on any atom is -0.497 e. The number of methoxy groups -OCH3 is 1. The van der Waals surface area contributed by atoms with Crippen LogP contribution in [0, 0.1) is 0 Å². The molecule has 0 fully saturated rings. The Hall–Kier alpha value is -1.47. The van der Waals surface area contributed by atoms with Crippen LogP contribution in [-0.4, -0.2) is 26.2 Å². The molecule has 0 aliphatic carbocycles. The number of hydrogen-bond donors (Lipinski definition) is 2. The number of nitrogens with two attached hydrogens (primary N) is 1.